The van der Waals surface area contributed by atoms with Gasteiger partial charge in [-0.25, -0.2) is 10.8 Å². The molecule has 0 radical (unpaired) electrons. The molecule has 1 unspecified atom stereocenters. The average molecular weight is 214 g/mol. The van der Waals surface area contributed by atoms with Crippen LogP contribution in [0.3, 0.4) is 0 Å². The molecule has 0 aromatic heterocycles. The molecular weight excluding hydrogens is 192 g/mol. The van der Waals surface area contributed by atoms with E-state index >= 15 is 0 Å². The van der Waals surface area contributed by atoms with Crippen molar-refractivity contribution in [3.8, 4) is 0 Å². The molecule has 0 saturated heterocycles. The predicted octanol–water partition coefficient (Wildman–Crippen LogP) is 0.373. The first kappa shape index (κ1) is 12.3. The van der Waals surface area contributed by atoms with Crippen molar-refractivity contribution in [2.45, 2.75) is 44.8 Å². The van der Waals surface area contributed by atoms with Crippen molar-refractivity contribution in [1.82, 2.24) is 10.7 Å². The van der Waals surface area contributed by atoms with Gasteiger partial charge in [0.15, 0.2) is 0 Å². The minimum Gasteiger partial charge on any atom is -0.380 e. The molecule has 15 heavy (non-hydrogen) atoms. The minimum absolute atomic E-state index is 0.124. The molecule has 1 fully saturated rings. The number of rotatable bonds is 4. The van der Waals surface area contributed by atoms with Gasteiger partial charge < -0.3 is 10.1 Å². The van der Waals surface area contributed by atoms with E-state index in [4.69, 9.17) is 10.6 Å². The largest absolute Gasteiger partial charge is 0.380 e. The minimum atomic E-state index is 0.124. The van der Waals surface area contributed by atoms with Gasteiger partial charge in [0, 0.05) is 13.2 Å². The van der Waals surface area contributed by atoms with E-state index in [0.29, 0.717) is 18.5 Å². The van der Waals surface area contributed by atoms with Crippen LogP contribution in [-0.4, -0.2) is 31.8 Å². The third-order valence-corrected chi connectivity index (χ3v) is 2.74. The third kappa shape index (κ3) is 4.48. The van der Waals surface area contributed by atoms with Crippen molar-refractivity contribution in [2.24, 2.45) is 10.8 Å². The molecule has 1 rings (SSSR count). The quantitative estimate of drug-likeness (QED) is 0.274. The van der Waals surface area contributed by atoms with Crippen molar-refractivity contribution < 1.29 is 4.74 Å². The molecule has 0 aromatic rings. The molecule has 88 valence electrons. The number of hydrogen-bond acceptors (Lipinski definition) is 3. The van der Waals surface area contributed by atoms with E-state index in [9.17, 15) is 0 Å². The number of guanidine groups is 1. The van der Waals surface area contributed by atoms with E-state index in [1.165, 1.54) is 25.7 Å². The molecule has 1 aliphatic carbocycles. The summed E-state index contributed by atoms with van der Waals surface area (Å²) in [5, 5.41) is 3.30. The Balaban J connectivity index is 2.32. The fraction of sp³-hybridized carbons (Fsp3) is 0.900. The first-order valence-corrected chi connectivity index (χ1v) is 5.56. The smallest absolute Gasteiger partial charge is 0.206 e. The van der Waals surface area contributed by atoms with Crippen LogP contribution in [-0.2, 0) is 4.74 Å². The first-order chi connectivity index (χ1) is 7.26. The lowest BCUT2D eigenvalue weighted by molar-refractivity contribution is 0.125. The highest BCUT2D eigenvalue weighted by Crippen LogP contribution is 2.17. The standard InChI is InChI=1S/C10H22N4O/c1-8(15-2)7-12-10(14-11)13-9-5-3-4-6-9/h8-9H,3-7,11H2,1-2H3,(H2,12,13,14). The van der Waals surface area contributed by atoms with E-state index in [1.807, 2.05) is 6.92 Å². The van der Waals surface area contributed by atoms with Crippen LogP contribution < -0.4 is 16.6 Å². The summed E-state index contributed by atoms with van der Waals surface area (Å²) < 4.78 is 5.11. The number of hydrogen-bond donors (Lipinski definition) is 3. The number of aliphatic imine (C=N–C) groups is 1. The van der Waals surface area contributed by atoms with Crippen molar-refractivity contribution in [3.63, 3.8) is 0 Å². The number of ether oxygens (including phenoxy) is 1. The van der Waals surface area contributed by atoms with Crippen LogP contribution in [0.25, 0.3) is 0 Å². The summed E-state index contributed by atoms with van der Waals surface area (Å²) in [7, 11) is 1.68. The molecule has 4 N–H and O–H groups in total. The van der Waals surface area contributed by atoms with Crippen molar-refractivity contribution in [2.75, 3.05) is 13.7 Å². The molecule has 0 aliphatic heterocycles. The van der Waals surface area contributed by atoms with Crippen molar-refractivity contribution >= 4 is 5.96 Å². The Labute approximate surface area is 91.4 Å². The summed E-state index contributed by atoms with van der Waals surface area (Å²) in [6.45, 7) is 2.60. The van der Waals surface area contributed by atoms with E-state index < -0.39 is 0 Å². The van der Waals surface area contributed by atoms with E-state index in [1.54, 1.807) is 7.11 Å². The number of methoxy groups -OCH3 is 1. The zero-order valence-corrected chi connectivity index (χ0v) is 9.62. The highest BCUT2D eigenvalue weighted by Gasteiger charge is 2.15. The van der Waals surface area contributed by atoms with Crippen molar-refractivity contribution in [3.05, 3.63) is 0 Å². The molecule has 0 spiro atoms. The molecule has 5 heteroatoms. The maximum atomic E-state index is 5.39. The summed E-state index contributed by atoms with van der Waals surface area (Å²) in [6, 6.07) is 0.526. The highest BCUT2D eigenvalue weighted by molar-refractivity contribution is 5.79. The van der Waals surface area contributed by atoms with E-state index in [-0.39, 0.29) is 6.10 Å². The maximum absolute atomic E-state index is 5.39. The lowest BCUT2D eigenvalue weighted by atomic mass is 10.2. The molecule has 0 bridgehead atoms. The van der Waals surface area contributed by atoms with Gasteiger partial charge in [-0.15, -0.1) is 0 Å². The monoisotopic (exact) mass is 214 g/mol. The van der Waals surface area contributed by atoms with Gasteiger partial charge in [0.1, 0.15) is 0 Å². The zero-order chi connectivity index (χ0) is 11.1. The average Bonchev–Trinajstić information content (AvgIpc) is 2.76. The Hall–Kier alpha value is -0.810. The van der Waals surface area contributed by atoms with Gasteiger partial charge in [-0.1, -0.05) is 12.8 Å². The molecular formula is C10H22N4O. The summed E-state index contributed by atoms with van der Waals surface area (Å²) in [5.41, 5.74) is 2.59. The normalized spacial score (nSPS) is 20.3. The maximum Gasteiger partial charge on any atom is 0.206 e. The van der Waals surface area contributed by atoms with Gasteiger partial charge in [0.25, 0.3) is 0 Å². The number of nitrogens with zero attached hydrogens (tertiary/aromatic N) is 1. The van der Waals surface area contributed by atoms with Gasteiger partial charge >= 0.3 is 0 Å². The molecule has 1 aliphatic rings. The van der Waals surface area contributed by atoms with Crippen LogP contribution in [0, 0.1) is 0 Å². The fourth-order valence-electron chi connectivity index (χ4n) is 1.69. The van der Waals surface area contributed by atoms with Crippen LogP contribution in [0.1, 0.15) is 32.6 Å². The molecule has 0 aromatic carbocycles. The molecule has 5 nitrogen and oxygen atoms in total. The highest BCUT2D eigenvalue weighted by atomic mass is 16.5. The third-order valence-electron chi connectivity index (χ3n) is 2.74. The predicted molar refractivity (Wildman–Crippen MR) is 61.5 cm³/mol. The van der Waals surface area contributed by atoms with Gasteiger partial charge in [0.2, 0.25) is 5.96 Å². The second kappa shape index (κ2) is 6.63. The Morgan fingerprint density at radius 3 is 2.73 bits per heavy atom. The molecule has 1 atom stereocenters. The van der Waals surface area contributed by atoms with Gasteiger partial charge in [0.05, 0.1) is 12.6 Å². The Morgan fingerprint density at radius 2 is 2.20 bits per heavy atom. The second-order valence-corrected chi connectivity index (χ2v) is 4.01. The van der Waals surface area contributed by atoms with E-state index in [2.05, 4.69) is 15.7 Å². The van der Waals surface area contributed by atoms with Crippen LogP contribution in [0.4, 0.5) is 0 Å². The summed E-state index contributed by atoms with van der Waals surface area (Å²) in [4.78, 5) is 4.32. The van der Waals surface area contributed by atoms with E-state index in [0.717, 1.165) is 0 Å². The fourth-order valence-corrected chi connectivity index (χ4v) is 1.69. The lowest BCUT2D eigenvalue weighted by Gasteiger charge is -2.15. The SMILES string of the molecule is COC(C)CN=C(NN)NC1CCCC1. The van der Waals surface area contributed by atoms with Crippen LogP contribution in [0.15, 0.2) is 4.99 Å². The number of nitrogens with two attached hydrogens (primary N) is 1. The lowest BCUT2D eigenvalue weighted by Crippen LogP contribution is -2.46. The van der Waals surface area contributed by atoms with Gasteiger partial charge in [-0.05, 0) is 19.8 Å². The summed E-state index contributed by atoms with van der Waals surface area (Å²) in [6.07, 6.45) is 5.13. The van der Waals surface area contributed by atoms with Gasteiger partial charge in [-0.3, -0.25) is 5.43 Å². The summed E-state index contributed by atoms with van der Waals surface area (Å²) >= 11 is 0. The molecule has 0 amide bonds. The molecule has 1 saturated carbocycles. The molecule has 0 heterocycles. The number of nitrogens with one attached hydrogen (secondary N) is 2. The second-order valence-electron chi connectivity index (χ2n) is 4.01. The van der Waals surface area contributed by atoms with Crippen molar-refractivity contribution in [1.29, 1.82) is 0 Å². The Morgan fingerprint density at radius 1 is 1.53 bits per heavy atom. The van der Waals surface area contributed by atoms with Gasteiger partial charge in [-0.2, -0.15) is 0 Å². The Bertz CT molecular complexity index is 202. The van der Waals surface area contributed by atoms with Crippen LogP contribution >= 0.6 is 0 Å². The Kier molecular flexibility index (Phi) is 5.42. The first-order valence-electron chi connectivity index (χ1n) is 5.56. The zero-order valence-electron chi connectivity index (χ0n) is 9.62. The van der Waals surface area contributed by atoms with Crippen LogP contribution in [0.5, 0.6) is 0 Å². The number of hydrazine groups is 1. The topological polar surface area (TPSA) is 71.7 Å². The van der Waals surface area contributed by atoms with Crippen LogP contribution in [0.2, 0.25) is 0 Å². The summed E-state index contributed by atoms with van der Waals surface area (Å²) in [5.74, 6) is 6.07.